The first kappa shape index (κ1) is 27.3. The molecule has 3 aromatic rings. The van der Waals surface area contributed by atoms with Gasteiger partial charge in [-0.2, -0.15) is 4.80 Å². The highest BCUT2D eigenvalue weighted by Crippen LogP contribution is 2.25. The number of nitrogens with one attached hydrogen (secondary N) is 1. The van der Waals surface area contributed by atoms with Gasteiger partial charge in [-0.1, -0.05) is 19.3 Å². The topological polar surface area (TPSA) is 125 Å². The zero-order valence-corrected chi connectivity index (χ0v) is 22.0. The van der Waals surface area contributed by atoms with Gasteiger partial charge in [-0.15, -0.1) is 10.2 Å². The number of carbonyl (C=O) groups is 2. The Labute approximate surface area is 222 Å². The lowest BCUT2D eigenvalue weighted by molar-refractivity contribution is -0.143. The van der Waals surface area contributed by atoms with Crippen LogP contribution in [0.15, 0.2) is 47.1 Å². The first-order valence-corrected chi connectivity index (χ1v) is 13.2. The van der Waals surface area contributed by atoms with Gasteiger partial charge < -0.3 is 24.1 Å². The Bertz CT molecular complexity index is 1140. The average Bonchev–Trinajstić information content (AvgIpc) is 3.64. The minimum Gasteiger partial charge on any atom is -0.497 e. The number of carbonyl (C=O) groups excluding carboxylic acids is 2. The summed E-state index contributed by atoms with van der Waals surface area (Å²) in [6.07, 6.45) is 7.30. The highest BCUT2D eigenvalue weighted by atomic mass is 16.5. The van der Waals surface area contributed by atoms with E-state index in [1.54, 1.807) is 31.4 Å². The van der Waals surface area contributed by atoms with E-state index >= 15 is 0 Å². The predicted octanol–water partition coefficient (Wildman–Crippen LogP) is 3.39. The number of hydrogen-bond acceptors (Lipinski definition) is 8. The van der Waals surface area contributed by atoms with E-state index in [1.807, 2.05) is 19.1 Å². The van der Waals surface area contributed by atoms with Gasteiger partial charge >= 0.3 is 0 Å². The number of hydrogen-bond donors (Lipinski definition) is 1. The van der Waals surface area contributed by atoms with Gasteiger partial charge in [-0.05, 0) is 67.8 Å². The van der Waals surface area contributed by atoms with Crippen LogP contribution in [0.1, 0.15) is 57.3 Å². The van der Waals surface area contributed by atoms with Gasteiger partial charge in [0.2, 0.25) is 11.7 Å². The normalized spacial score (nSPS) is 14.7. The molecular weight excluding hydrogens is 488 g/mol. The molecule has 204 valence electrons. The lowest BCUT2D eigenvalue weighted by Crippen LogP contribution is -2.48. The molecule has 2 heterocycles. The average molecular weight is 525 g/mol. The smallest absolute Gasteiger partial charge is 0.250 e. The number of furan rings is 1. The monoisotopic (exact) mass is 524 g/mol. The van der Waals surface area contributed by atoms with Gasteiger partial charge in [-0.3, -0.25) is 9.59 Å². The Hall–Kier alpha value is -3.73. The summed E-state index contributed by atoms with van der Waals surface area (Å²) in [5, 5.41) is 15.7. The largest absolute Gasteiger partial charge is 0.497 e. The molecule has 0 saturated heterocycles. The third-order valence-corrected chi connectivity index (χ3v) is 6.61. The van der Waals surface area contributed by atoms with E-state index in [0.29, 0.717) is 37.8 Å². The lowest BCUT2D eigenvalue weighted by Gasteiger charge is -2.32. The fourth-order valence-corrected chi connectivity index (χ4v) is 4.65. The zero-order chi connectivity index (χ0) is 26.7. The van der Waals surface area contributed by atoms with Crippen molar-refractivity contribution < 1.29 is 23.5 Å². The second-order valence-electron chi connectivity index (χ2n) is 9.27. The molecule has 0 spiro atoms. The molecule has 1 aliphatic carbocycles. The first-order chi connectivity index (χ1) is 18.6. The Kier molecular flexibility index (Phi) is 9.85. The number of methoxy groups -OCH3 is 1. The van der Waals surface area contributed by atoms with E-state index in [0.717, 1.165) is 37.0 Å². The van der Waals surface area contributed by atoms with Crippen molar-refractivity contribution in [1.82, 2.24) is 30.4 Å². The molecule has 1 aromatic carbocycles. The molecule has 1 fully saturated rings. The fourth-order valence-electron chi connectivity index (χ4n) is 4.65. The summed E-state index contributed by atoms with van der Waals surface area (Å²) in [6, 6.07) is 9.89. The van der Waals surface area contributed by atoms with E-state index in [-0.39, 0.29) is 24.4 Å². The van der Waals surface area contributed by atoms with Crippen molar-refractivity contribution >= 4 is 11.8 Å². The molecule has 0 aliphatic heterocycles. The maximum atomic E-state index is 13.7. The van der Waals surface area contributed by atoms with Crippen LogP contribution in [0.5, 0.6) is 5.75 Å². The number of benzene rings is 1. The summed E-state index contributed by atoms with van der Waals surface area (Å²) in [6.45, 7) is 3.10. The molecule has 1 aliphatic rings. The van der Waals surface area contributed by atoms with Crippen LogP contribution in [-0.2, 0) is 20.9 Å². The van der Waals surface area contributed by atoms with Gasteiger partial charge in [0.05, 0.1) is 13.4 Å². The van der Waals surface area contributed by atoms with Crippen LogP contribution < -0.4 is 10.1 Å². The van der Waals surface area contributed by atoms with Crippen molar-refractivity contribution in [2.45, 2.75) is 64.1 Å². The summed E-state index contributed by atoms with van der Waals surface area (Å²) in [4.78, 5) is 30.0. The highest BCUT2D eigenvalue weighted by molar-refractivity contribution is 5.88. The predicted molar refractivity (Wildman–Crippen MR) is 139 cm³/mol. The number of nitrogens with zero attached hydrogens (tertiary/aromatic N) is 5. The number of rotatable bonds is 13. The minimum absolute atomic E-state index is 0.0955. The molecule has 2 aromatic heterocycles. The van der Waals surface area contributed by atoms with E-state index in [2.05, 4.69) is 20.7 Å². The molecule has 38 heavy (non-hydrogen) atoms. The zero-order valence-electron chi connectivity index (χ0n) is 22.0. The van der Waals surface area contributed by atoms with Gasteiger partial charge in [0.25, 0.3) is 5.91 Å². The molecule has 1 atom stereocenters. The quantitative estimate of drug-likeness (QED) is 0.338. The molecule has 11 nitrogen and oxygen atoms in total. The second-order valence-corrected chi connectivity index (χ2v) is 9.27. The molecule has 1 saturated carbocycles. The maximum Gasteiger partial charge on any atom is 0.250 e. The van der Waals surface area contributed by atoms with Crippen LogP contribution in [0.25, 0.3) is 11.4 Å². The highest BCUT2D eigenvalue weighted by Gasteiger charge is 2.35. The van der Waals surface area contributed by atoms with Crippen LogP contribution in [-0.4, -0.2) is 69.8 Å². The van der Waals surface area contributed by atoms with Crippen molar-refractivity contribution in [3.05, 3.63) is 48.4 Å². The number of amides is 2. The molecule has 2 amide bonds. The number of tetrazole rings is 1. The molecular formula is C27H36N6O5. The van der Waals surface area contributed by atoms with Crippen LogP contribution in [0.2, 0.25) is 0 Å². The van der Waals surface area contributed by atoms with Crippen LogP contribution in [0.4, 0.5) is 0 Å². The standard InChI is InChI=1S/C27H36N6O5/c1-3-37-17-8-16-32(25(23-11-7-18-38-23)27(35)28-21-9-5-4-6-10-21)24(34)19-33-30-26(29-31-33)20-12-14-22(36-2)15-13-20/h7,11-15,18,21,25H,3-6,8-10,16-17,19H2,1-2H3,(H,28,35). The molecule has 4 rings (SSSR count). The van der Waals surface area contributed by atoms with Crippen LogP contribution in [0.3, 0.4) is 0 Å². The van der Waals surface area contributed by atoms with Crippen LogP contribution in [0, 0.1) is 0 Å². The van der Waals surface area contributed by atoms with Crippen molar-refractivity contribution in [3.63, 3.8) is 0 Å². The van der Waals surface area contributed by atoms with Gasteiger partial charge in [-0.25, -0.2) is 0 Å². The van der Waals surface area contributed by atoms with Crippen molar-refractivity contribution in [2.75, 3.05) is 26.9 Å². The summed E-state index contributed by atoms with van der Waals surface area (Å²) in [5.74, 6) is 0.950. The third kappa shape index (κ3) is 7.18. The van der Waals surface area contributed by atoms with E-state index in [9.17, 15) is 9.59 Å². The van der Waals surface area contributed by atoms with Crippen molar-refractivity contribution in [1.29, 1.82) is 0 Å². The Morgan fingerprint density at radius 1 is 1.18 bits per heavy atom. The summed E-state index contributed by atoms with van der Waals surface area (Å²) < 4.78 is 16.3. The minimum atomic E-state index is -0.911. The molecule has 1 unspecified atom stereocenters. The van der Waals surface area contributed by atoms with Gasteiger partial charge in [0.1, 0.15) is 18.1 Å². The molecule has 0 bridgehead atoms. The van der Waals surface area contributed by atoms with Gasteiger partial charge in [0, 0.05) is 31.4 Å². The molecule has 0 radical (unpaired) electrons. The summed E-state index contributed by atoms with van der Waals surface area (Å²) in [7, 11) is 1.60. The van der Waals surface area contributed by atoms with E-state index in [4.69, 9.17) is 13.9 Å². The lowest BCUT2D eigenvalue weighted by atomic mass is 9.95. The summed E-state index contributed by atoms with van der Waals surface area (Å²) >= 11 is 0. The summed E-state index contributed by atoms with van der Waals surface area (Å²) in [5.41, 5.74) is 0.749. The third-order valence-electron chi connectivity index (χ3n) is 6.61. The molecule has 1 N–H and O–H groups in total. The Morgan fingerprint density at radius 2 is 1.97 bits per heavy atom. The van der Waals surface area contributed by atoms with Crippen LogP contribution >= 0.6 is 0 Å². The van der Waals surface area contributed by atoms with Gasteiger partial charge in [0.15, 0.2) is 6.04 Å². The number of ether oxygens (including phenoxy) is 2. The second kappa shape index (κ2) is 13.7. The van der Waals surface area contributed by atoms with Crippen molar-refractivity contribution in [3.8, 4) is 17.1 Å². The van der Waals surface area contributed by atoms with E-state index < -0.39 is 6.04 Å². The SMILES string of the molecule is CCOCCCN(C(=O)Cn1nnc(-c2ccc(OC)cc2)n1)C(C(=O)NC1CCCCC1)c1ccco1. The Morgan fingerprint density at radius 3 is 2.66 bits per heavy atom. The van der Waals surface area contributed by atoms with E-state index in [1.165, 1.54) is 22.4 Å². The first-order valence-electron chi connectivity index (χ1n) is 13.2. The number of aromatic nitrogens is 4. The fraction of sp³-hybridized carbons (Fsp3) is 0.519. The maximum absolute atomic E-state index is 13.7. The Balaban J connectivity index is 1.53. The molecule has 11 heteroatoms. The van der Waals surface area contributed by atoms with Crippen molar-refractivity contribution in [2.24, 2.45) is 0 Å².